The van der Waals surface area contributed by atoms with Crippen LogP contribution in [0.5, 0.6) is 0 Å². The van der Waals surface area contributed by atoms with E-state index in [2.05, 4.69) is 25.3 Å². The largest absolute Gasteiger partial charge is 0.394 e. The summed E-state index contributed by atoms with van der Waals surface area (Å²) < 4.78 is 7.20. The van der Waals surface area contributed by atoms with Crippen molar-refractivity contribution in [2.24, 2.45) is 0 Å². The molecule has 0 spiro atoms. The third-order valence-electron chi connectivity index (χ3n) is 4.95. The summed E-state index contributed by atoms with van der Waals surface area (Å²) in [7, 11) is 0. The Morgan fingerprint density at radius 1 is 1.37 bits per heavy atom. The zero-order valence-corrected chi connectivity index (χ0v) is 16.1. The van der Waals surface area contributed by atoms with Crippen LogP contribution in [0.25, 0.3) is 11.2 Å². The van der Waals surface area contributed by atoms with Crippen molar-refractivity contribution in [3.63, 3.8) is 0 Å². The number of aromatic amines is 1. The Morgan fingerprint density at radius 3 is 2.97 bits per heavy atom. The van der Waals surface area contributed by atoms with E-state index >= 15 is 0 Å². The van der Waals surface area contributed by atoms with Gasteiger partial charge in [-0.05, 0) is 18.6 Å². The Hall–Kier alpha value is -3.15. The number of rotatable bonds is 8. The molecule has 4 rings (SSSR count). The van der Waals surface area contributed by atoms with Crippen molar-refractivity contribution in [3.8, 4) is 0 Å². The van der Waals surface area contributed by atoms with Crippen LogP contribution in [0.3, 0.4) is 0 Å². The van der Waals surface area contributed by atoms with Crippen LogP contribution in [0.2, 0.25) is 0 Å². The normalized spacial score (nSPS) is 21.2. The van der Waals surface area contributed by atoms with Crippen LogP contribution in [-0.4, -0.2) is 65.9 Å². The lowest BCUT2D eigenvalue weighted by Gasteiger charge is -2.14. The van der Waals surface area contributed by atoms with Crippen molar-refractivity contribution in [3.05, 3.63) is 46.8 Å². The number of anilines is 1. The van der Waals surface area contributed by atoms with Crippen molar-refractivity contribution in [2.75, 3.05) is 18.5 Å². The average molecular weight is 414 g/mol. The Balaban J connectivity index is 1.42. The van der Waals surface area contributed by atoms with Gasteiger partial charge in [-0.1, -0.05) is 6.07 Å². The van der Waals surface area contributed by atoms with Gasteiger partial charge in [0, 0.05) is 25.6 Å². The van der Waals surface area contributed by atoms with Gasteiger partial charge >= 0.3 is 0 Å². The van der Waals surface area contributed by atoms with E-state index in [-0.39, 0.29) is 30.3 Å². The maximum atomic E-state index is 12.3. The van der Waals surface area contributed by atoms with Crippen LogP contribution in [0.4, 0.5) is 5.95 Å². The zero-order valence-electron chi connectivity index (χ0n) is 16.1. The van der Waals surface area contributed by atoms with E-state index in [1.807, 2.05) is 0 Å². The van der Waals surface area contributed by atoms with Crippen molar-refractivity contribution in [2.45, 2.75) is 37.7 Å². The molecule has 30 heavy (non-hydrogen) atoms. The monoisotopic (exact) mass is 414 g/mol. The molecular weight excluding hydrogens is 392 g/mol. The Kier molecular flexibility index (Phi) is 5.84. The smallest absolute Gasteiger partial charge is 0.280 e. The first-order valence-corrected chi connectivity index (χ1v) is 9.66. The fourth-order valence-corrected chi connectivity index (χ4v) is 3.38. The highest BCUT2D eigenvalue weighted by molar-refractivity contribution is 5.94. The van der Waals surface area contributed by atoms with Crippen LogP contribution in [-0.2, 0) is 4.74 Å². The molecule has 0 unspecified atom stereocenters. The number of aliphatic hydroxyl groups excluding tert-OH is 2. The van der Waals surface area contributed by atoms with E-state index in [4.69, 9.17) is 4.74 Å². The molecule has 0 aliphatic carbocycles. The predicted octanol–water partition coefficient (Wildman–Crippen LogP) is 0.230. The second kappa shape index (κ2) is 8.69. The van der Waals surface area contributed by atoms with E-state index in [1.54, 1.807) is 29.0 Å². The maximum absolute atomic E-state index is 12.3. The number of fused-ring (bicyclic) bond motifs is 1. The fraction of sp³-hybridized carbons (Fsp3) is 0.421. The van der Waals surface area contributed by atoms with Crippen LogP contribution in [0.1, 0.15) is 36.0 Å². The summed E-state index contributed by atoms with van der Waals surface area (Å²) in [5.41, 5.74) is 0.468. The second-order valence-corrected chi connectivity index (χ2v) is 7.02. The molecule has 0 aromatic carbocycles. The molecule has 1 aliphatic rings. The number of ether oxygens (including phenoxy) is 1. The number of imidazole rings is 1. The summed E-state index contributed by atoms with van der Waals surface area (Å²) in [6.45, 7) is 0.120. The Morgan fingerprint density at radius 2 is 2.23 bits per heavy atom. The van der Waals surface area contributed by atoms with Crippen molar-refractivity contribution >= 4 is 22.9 Å². The topological polar surface area (TPSA) is 155 Å². The second-order valence-electron chi connectivity index (χ2n) is 7.02. The van der Waals surface area contributed by atoms with E-state index in [9.17, 15) is 19.8 Å². The SMILES string of the molecule is O=C(CCCNc1nc2c(ncn2[C@H]2C[C@H](O)[C@@H](CO)O2)c(=O)[nH]1)c1ccccn1. The predicted molar refractivity (Wildman–Crippen MR) is 106 cm³/mol. The molecule has 3 atom stereocenters. The average Bonchev–Trinajstić information content (AvgIpc) is 3.35. The molecule has 1 fully saturated rings. The molecule has 158 valence electrons. The van der Waals surface area contributed by atoms with Crippen molar-refractivity contribution < 1.29 is 19.7 Å². The molecule has 3 aromatic rings. The number of H-pyrrole nitrogens is 1. The lowest BCUT2D eigenvalue weighted by molar-refractivity contribution is -0.0432. The highest BCUT2D eigenvalue weighted by atomic mass is 16.5. The van der Waals surface area contributed by atoms with Gasteiger partial charge in [0.2, 0.25) is 5.95 Å². The molecule has 1 aliphatic heterocycles. The van der Waals surface area contributed by atoms with Crippen LogP contribution in [0.15, 0.2) is 35.5 Å². The summed E-state index contributed by atoms with van der Waals surface area (Å²) in [4.78, 5) is 39.6. The highest BCUT2D eigenvalue weighted by Gasteiger charge is 2.35. The molecule has 11 heteroatoms. The number of aromatic nitrogens is 5. The molecular formula is C19H22N6O5. The summed E-state index contributed by atoms with van der Waals surface area (Å²) in [6.07, 6.45) is 2.02. The number of nitrogens with zero attached hydrogens (tertiary/aromatic N) is 4. The number of carbonyl (C=O) groups excluding carboxylic acids is 1. The number of Topliss-reactive ketones (excluding diaryl/α,β-unsaturated/α-hetero) is 1. The van der Waals surface area contributed by atoms with E-state index in [0.717, 1.165) is 0 Å². The maximum Gasteiger partial charge on any atom is 0.280 e. The highest BCUT2D eigenvalue weighted by Crippen LogP contribution is 2.30. The van der Waals surface area contributed by atoms with Gasteiger partial charge in [-0.25, -0.2) is 4.98 Å². The first kappa shape index (κ1) is 20.1. The zero-order chi connectivity index (χ0) is 21.1. The van der Waals surface area contributed by atoms with Gasteiger partial charge < -0.3 is 20.3 Å². The molecule has 0 amide bonds. The lowest BCUT2D eigenvalue weighted by atomic mass is 10.1. The van der Waals surface area contributed by atoms with Gasteiger partial charge in [0.25, 0.3) is 5.56 Å². The number of aliphatic hydroxyl groups is 2. The van der Waals surface area contributed by atoms with Crippen LogP contribution >= 0.6 is 0 Å². The number of pyridine rings is 1. The summed E-state index contributed by atoms with van der Waals surface area (Å²) in [5, 5.41) is 22.2. The minimum atomic E-state index is -0.811. The molecule has 1 saturated heterocycles. The number of ketones is 1. The number of nitrogens with one attached hydrogen (secondary N) is 2. The van der Waals surface area contributed by atoms with Crippen molar-refractivity contribution in [1.82, 2.24) is 24.5 Å². The Labute approximate surface area is 170 Å². The van der Waals surface area contributed by atoms with Gasteiger partial charge in [-0.15, -0.1) is 0 Å². The third-order valence-corrected chi connectivity index (χ3v) is 4.95. The molecule has 4 N–H and O–H groups in total. The summed E-state index contributed by atoms with van der Waals surface area (Å²) >= 11 is 0. The van der Waals surface area contributed by atoms with Gasteiger partial charge in [0.15, 0.2) is 16.9 Å². The number of carbonyl (C=O) groups is 1. The van der Waals surface area contributed by atoms with Gasteiger partial charge in [-0.3, -0.25) is 24.1 Å². The van der Waals surface area contributed by atoms with E-state index in [1.165, 1.54) is 6.33 Å². The quantitative estimate of drug-likeness (QED) is 0.299. The fourth-order valence-electron chi connectivity index (χ4n) is 3.38. The van der Waals surface area contributed by atoms with Gasteiger partial charge in [0.05, 0.1) is 19.0 Å². The minimum absolute atomic E-state index is 0.0530. The van der Waals surface area contributed by atoms with Crippen LogP contribution < -0.4 is 10.9 Å². The molecule has 0 radical (unpaired) electrons. The molecule has 4 heterocycles. The van der Waals surface area contributed by atoms with Gasteiger partial charge in [0.1, 0.15) is 18.0 Å². The standard InChI is InChI=1S/C19H22N6O5/c26-9-14-13(28)8-15(30-14)25-10-22-16-17(25)23-19(24-18(16)29)21-7-3-5-12(27)11-4-1-2-6-20-11/h1-2,4,6,10,13-15,26,28H,3,5,7-9H2,(H2,21,23,24,29)/t13-,14+,15+/m0/s1. The minimum Gasteiger partial charge on any atom is -0.394 e. The summed E-state index contributed by atoms with van der Waals surface area (Å²) in [5.74, 6) is 0.194. The third kappa shape index (κ3) is 4.08. The molecule has 0 saturated carbocycles. The Bertz CT molecular complexity index is 1080. The van der Waals surface area contributed by atoms with Gasteiger partial charge in [-0.2, -0.15) is 4.98 Å². The lowest BCUT2D eigenvalue weighted by Crippen LogP contribution is -2.24. The number of hydrogen-bond acceptors (Lipinski definition) is 9. The van der Waals surface area contributed by atoms with Crippen molar-refractivity contribution in [1.29, 1.82) is 0 Å². The molecule has 11 nitrogen and oxygen atoms in total. The summed E-state index contributed by atoms with van der Waals surface area (Å²) in [6, 6.07) is 5.19. The first-order chi connectivity index (χ1) is 14.6. The molecule has 3 aromatic heterocycles. The van der Waals surface area contributed by atoms with E-state index in [0.29, 0.717) is 30.7 Å². The molecule has 0 bridgehead atoms. The van der Waals surface area contributed by atoms with Crippen LogP contribution in [0, 0.1) is 0 Å². The number of hydrogen-bond donors (Lipinski definition) is 4. The first-order valence-electron chi connectivity index (χ1n) is 9.66. The van der Waals surface area contributed by atoms with E-state index < -0.39 is 24.0 Å².